The number of hydrogen-bond donors (Lipinski definition) is 0. The molecule has 1 fully saturated rings. The highest BCUT2D eigenvalue weighted by molar-refractivity contribution is 7.98. The van der Waals surface area contributed by atoms with Crippen molar-refractivity contribution < 1.29 is 4.92 Å². The molecule has 0 saturated heterocycles. The van der Waals surface area contributed by atoms with Gasteiger partial charge in [0, 0.05) is 30.3 Å². The summed E-state index contributed by atoms with van der Waals surface area (Å²) in [5, 5.41) is 20.2. The standard InChI is InChI=1S/C14H16N4O2S/c1-2-17-13(11-6-7-11)15-16-14(17)21-9-10-4-3-5-12(8-10)18(19)20/h3-5,8,11H,2,6-7,9H2,1H3. The van der Waals surface area contributed by atoms with Crippen LogP contribution in [0.1, 0.15) is 37.1 Å². The van der Waals surface area contributed by atoms with E-state index in [0.717, 1.165) is 23.1 Å². The Bertz CT molecular complexity index is 667. The second-order valence-electron chi connectivity index (χ2n) is 5.07. The summed E-state index contributed by atoms with van der Waals surface area (Å²) in [5.41, 5.74) is 1.05. The van der Waals surface area contributed by atoms with E-state index in [1.807, 2.05) is 6.07 Å². The summed E-state index contributed by atoms with van der Waals surface area (Å²) in [4.78, 5) is 10.4. The molecule has 1 aliphatic carbocycles. The number of benzene rings is 1. The van der Waals surface area contributed by atoms with Gasteiger partial charge in [0.2, 0.25) is 0 Å². The Balaban J connectivity index is 1.73. The lowest BCUT2D eigenvalue weighted by atomic mass is 10.2. The molecule has 110 valence electrons. The Morgan fingerprint density at radius 2 is 2.24 bits per heavy atom. The van der Waals surface area contributed by atoms with Crippen LogP contribution in [-0.2, 0) is 12.3 Å². The smallest absolute Gasteiger partial charge is 0.269 e. The molecule has 1 heterocycles. The average Bonchev–Trinajstić information content (AvgIpc) is 3.25. The van der Waals surface area contributed by atoms with E-state index < -0.39 is 0 Å². The highest BCUT2D eigenvalue weighted by Gasteiger charge is 2.29. The molecule has 6 nitrogen and oxygen atoms in total. The van der Waals surface area contributed by atoms with Gasteiger partial charge in [-0.2, -0.15) is 0 Å². The summed E-state index contributed by atoms with van der Waals surface area (Å²) in [7, 11) is 0. The zero-order chi connectivity index (χ0) is 14.8. The van der Waals surface area contributed by atoms with E-state index in [0.29, 0.717) is 11.7 Å². The van der Waals surface area contributed by atoms with Crippen LogP contribution in [0.15, 0.2) is 29.4 Å². The van der Waals surface area contributed by atoms with Crippen molar-refractivity contribution in [3.63, 3.8) is 0 Å². The summed E-state index contributed by atoms with van der Waals surface area (Å²) in [5.74, 6) is 2.31. The number of nitro benzene ring substituents is 1. The average molecular weight is 304 g/mol. The van der Waals surface area contributed by atoms with Crippen LogP contribution in [0, 0.1) is 10.1 Å². The summed E-state index contributed by atoms with van der Waals surface area (Å²) in [6.07, 6.45) is 2.40. The Hall–Kier alpha value is -1.89. The van der Waals surface area contributed by atoms with Gasteiger partial charge < -0.3 is 4.57 Å². The van der Waals surface area contributed by atoms with E-state index in [-0.39, 0.29) is 10.6 Å². The third-order valence-corrected chi connectivity index (χ3v) is 4.53. The van der Waals surface area contributed by atoms with Crippen molar-refractivity contribution in [3.8, 4) is 0 Å². The van der Waals surface area contributed by atoms with Crippen molar-refractivity contribution in [3.05, 3.63) is 45.8 Å². The van der Waals surface area contributed by atoms with Gasteiger partial charge in [-0.05, 0) is 25.3 Å². The molecule has 0 aliphatic heterocycles. The second-order valence-corrected chi connectivity index (χ2v) is 6.02. The zero-order valence-electron chi connectivity index (χ0n) is 11.7. The predicted octanol–water partition coefficient (Wildman–Crippen LogP) is 3.38. The fourth-order valence-electron chi connectivity index (χ4n) is 2.26. The largest absolute Gasteiger partial charge is 0.306 e. The van der Waals surface area contributed by atoms with Crippen LogP contribution in [0.3, 0.4) is 0 Å². The second kappa shape index (κ2) is 5.85. The molecule has 1 aliphatic rings. The van der Waals surface area contributed by atoms with Crippen molar-refractivity contribution in [1.82, 2.24) is 14.8 Å². The number of hydrogen-bond acceptors (Lipinski definition) is 5. The van der Waals surface area contributed by atoms with E-state index in [1.165, 1.54) is 18.9 Å². The maximum atomic E-state index is 10.8. The van der Waals surface area contributed by atoms with Gasteiger partial charge in [0.1, 0.15) is 5.82 Å². The first kappa shape index (κ1) is 14.1. The van der Waals surface area contributed by atoms with Gasteiger partial charge in [-0.25, -0.2) is 0 Å². The molecular weight excluding hydrogens is 288 g/mol. The van der Waals surface area contributed by atoms with Crippen LogP contribution in [0.4, 0.5) is 5.69 Å². The first-order valence-electron chi connectivity index (χ1n) is 6.98. The quantitative estimate of drug-likeness (QED) is 0.464. The maximum absolute atomic E-state index is 10.8. The minimum absolute atomic E-state index is 0.128. The monoisotopic (exact) mass is 304 g/mol. The van der Waals surface area contributed by atoms with Gasteiger partial charge in [0.05, 0.1) is 4.92 Å². The fourth-order valence-corrected chi connectivity index (χ4v) is 3.21. The molecule has 7 heteroatoms. The van der Waals surface area contributed by atoms with E-state index in [9.17, 15) is 10.1 Å². The summed E-state index contributed by atoms with van der Waals surface area (Å²) in [6, 6.07) is 6.73. The molecule has 0 amide bonds. The van der Waals surface area contributed by atoms with E-state index >= 15 is 0 Å². The number of nitrogens with zero attached hydrogens (tertiary/aromatic N) is 4. The third-order valence-electron chi connectivity index (χ3n) is 3.49. The van der Waals surface area contributed by atoms with E-state index in [1.54, 1.807) is 23.9 Å². The first-order valence-corrected chi connectivity index (χ1v) is 7.97. The first-order chi connectivity index (χ1) is 10.2. The van der Waals surface area contributed by atoms with Gasteiger partial charge in [0.15, 0.2) is 5.16 Å². The maximum Gasteiger partial charge on any atom is 0.269 e. The van der Waals surface area contributed by atoms with E-state index in [4.69, 9.17) is 0 Å². The van der Waals surface area contributed by atoms with Crippen molar-refractivity contribution in [2.45, 2.75) is 43.1 Å². The SMILES string of the molecule is CCn1c(SCc2cccc([N+](=O)[O-])c2)nnc1C1CC1. The molecule has 0 spiro atoms. The van der Waals surface area contributed by atoms with E-state index in [2.05, 4.69) is 21.7 Å². The summed E-state index contributed by atoms with van der Waals surface area (Å²) < 4.78 is 2.15. The highest BCUT2D eigenvalue weighted by Crippen LogP contribution is 2.40. The number of thioether (sulfide) groups is 1. The minimum atomic E-state index is -0.367. The lowest BCUT2D eigenvalue weighted by Crippen LogP contribution is -2.02. The van der Waals surface area contributed by atoms with Gasteiger partial charge in [-0.3, -0.25) is 10.1 Å². The molecule has 3 rings (SSSR count). The molecule has 1 aromatic carbocycles. The third kappa shape index (κ3) is 3.07. The topological polar surface area (TPSA) is 73.8 Å². The van der Waals surface area contributed by atoms with Crippen LogP contribution in [0.2, 0.25) is 0 Å². The number of rotatable bonds is 6. The predicted molar refractivity (Wildman–Crippen MR) is 80.3 cm³/mol. The molecule has 0 bridgehead atoms. The van der Waals surface area contributed by atoms with Crippen LogP contribution >= 0.6 is 11.8 Å². The lowest BCUT2D eigenvalue weighted by Gasteiger charge is -2.06. The summed E-state index contributed by atoms with van der Waals surface area (Å²) in [6.45, 7) is 2.95. The van der Waals surface area contributed by atoms with Crippen LogP contribution in [0.5, 0.6) is 0 Å². The van der Waals surface area contributed by atoms with Gasteiger partial charge in [0.25, 0.3) is 5.69 Å². The number of non-ortho nitro benzene ring substituents is 1. The van der Waals surface area contributed by atoms with Crippen molar-refractivity contribution >= 4 is 17.4 Å². The molecular formula is C14H16N4O2S. The Labute approximate surface area is 126 Å². The highest BCUT2D eigenvalue weighted by atomic mass is 32.2. The lowest BCUT2D eigenvalue weighted by molar-refractivity contribution is -0.384. The van der Waals surface area contributed by atoms with Gasteiger partial charge in [-0.15, -0.1) is 10.2 Å². The molecule has 0 unspecified atom stereocenters. The molecule has 1 aromatic heterocycles. The fraction of sp³-hybridized carbons (Fsp3) is 0.429. The van der Waals surface area contributed by atoms with Crippen LogP contribution in [-0.4, -0.2) is 19.7 Å². The molecule has 2 aromatic rings. The van der Waals surface area contributed by atoms with Crippen LogP contribution in [0.25, 0.3) is 0 Å². The van der Waals surface area contributed by atoms with Crippen molar-refractivity contribution in [2.24, 2.45) is 0 Å². The number of aromatic nitrogens is 3. The molecule has 0 radical (unpaired) electrons. The molecule has 1 saturated carbocycles. The minimum Gasteiger partial charge on any atom is -0.306 e. The Morgan fingerprint density at radius 1 is 1.43 bits per heavy atom. The van der Waals surface area contributed by atoms with Crippen molar-refractivity contribution in [2.75, 3.05) is 0 Å². The Kier molecular flexibility index (Phi) is 3.92. The number of nitro groups is 1. The molecule has 0 atom stereocenters. The summed E-state index contributed by atoms with van der Waals surface area (Å²) >= 11 is 1.58. The Morgan fingerprint density at radius 3 is 2.90 bits per heavy atom. The molecule has 0 N–H and O–H groups in total. The normalized spacial score (nSPS) is 14.3. The van der Waals surface area contributed by atoms with Crippen LogP contribution < -0.4 is 0 Å². The van der Waals surface area contributed by atoms with Gasteiger partial charge >= 0.3 is 0 Å². The van der Waals surface area contributed by atoms with Gasteiger partial charge in [-0.1, -0.05) is 23.9 Å². The molecule has 21 heavy (non-hydrogen) atoms. The zero-order valence-corrected chi connectivity index (χ0v) is 12.5. The van der Waals surface area contributed by atoms with Crippen molar-refractivity contribution in [1.29, 1.82) is 0 Å².